The second-order valence-corrected chi connectivity index (χ2v) is 6.36. The van der Waals surface area contributed by atoms with Crippen molar-refractivity contribution in [2.24, 2.45) is 5.14 Å². The number of ether oxygens (including phenoxy) is 2. The Kier molecular flexibility index (Phi) is 3.86. The fraction of sp³-hybridized carbons (Fsp3) is 0.214. The number of nitrogens with zero attached hydrogens (tertiary/aromatic N) is 1. The number of fused-ring (bicyclic) bond motifs is 1. The molecule has 1 atom stereocenters. The van der Waals surface area contributed by atoms with E-state index in [1.54, 1.807) is 6.07 Å². The van der Waals surface area contributed by atoms with E-state index in [0.29, 0.717) is 24.7 Å². The van der Waals surface area contributed by atoms with Gasteiger partial charge in [-0.3, -0.25) is 0 Å². The Morgan fingerprint density at radius 3 is 2.68 bits per heavy atom. The molecule has 2 heterocycles. The van der Waals surface area contributed by atoms with Crippen molar-refractivity contribution in [3.05, 3.63) is 42.6 Å². The molecule has 8 heteroatoms. The molecule has 0 unspecified atom stereocenters. The molecule has 0 aliphatic carbocycles. The van der Waals surface area contributed by atoms with Crippen LogP contribution in [0.4, 0.5) is 5.82 Å². The highest BCUT2D eigenvalue weighted by Gasteiger charge is 2.20. The Hall–Kier alpha value is -2.32. The number of primary sulfonamides is 1. The zero-order valence-electron chi connectivity index (χ0n) is 11.6. The van der Waals surface area contributed by atoms with Crippen molar-refractivity contribution in [2.75, 3.05) is 18.5 Å². The van der Waals surface area contributed by atoms with Gasteiger partial charge in [-0.25, -0.2) is 18.5 Å². The van der Waals surface area contributed by atoms with E-state index in [2.05, 4.69) is 10.3 Å². The number of pyridine rings is 1. The van der Waals surface area contributed by atoms with E-state index in [9.17, 15) is 8.42 Å². The van der Waals surface area contributed by atoms with Crippen molar-refractivity contribution >= 4 is 15.8 Å². The van der Waals surface area contributed by atoms with E-state index in [4.69, 9.17) is 14.6 Å². The lowest BCUT2D eigenvalue weighted by molar-refractivity contribution is 0.0997. The van der Waals surface area contributed by atoms with Crippen LogP contribution >= 0.6 is 0 Å². The number of hydrogen-bond acceptors (Lipinski definition) is 6. The summed E-state index contributed by atoms with van der Waals surface area (Å²) in [7, 11) is -3.72. The molecular formula is C14H15N3O4S. The topological polar surface area (TPSA) is 104 Å². The minimum atomic E-state index is -3.72. The number of sulfonamides is 1. The standard InChI is InChI=1S/C14H15N3O4S/c15-22(18,19)11-5-6-14(17-8-11)16-7-10-9-20-12-3-1-2-4-13(12)21-10/h1-6,8,10H,7,9H2,(H,16,17)(H2,15,18,19)/t10-/m0/s1. The van der Waals surface area contributed by atoms with E-state index in [0.717, 1.165) is 5.75 Å². The summed E-state index contributed by atoms with van der Waals surface area (Å²) in [5.41, 5.74) is 0. The van der Waals surface area contributed by atoms with Gasteiger partial charge in [0.25, 0.3) is 0 Å². The zero-order chi connectivity index (χ0) is 15.6. The lowest BCUT2D eigenvalue weighted by atomic mass is 10.2. The molecule has 1 aliphatic heterocycles. The van der Waals surface area contributed by atoms with Crippen LogP contribution in [0.15, 0.2) is 47.5 Å². The third kappa shape index (κ3) is 3.29. The highest BCUT2D eigenvalue weighted by atomic mass is 32.2. The van der Waals surface area contributed by atoms with Crippen molar-refractivity contribution in [1.29, 1.82) is 0 Å². The third-order valence-electron chi connectivity index (χ3n) is 3.14. The molecule has 7 nitrogen and oxygen atoms in total. The Morgan fingerprint density at radius 2 is 2.00 bits per heavy atom. The summed E-state index contributed by atoms with van der Waals surface area (Å²) >= 11 is 0. The van der Waals surface area contributed by atoms with Crippen molar-refractivity contribution in [1.82, 2.24) is 4.98 Å². The summed E-state index contributed by atoms with van der Waals surface area (Å²) in [6.45, 7) is 0.912. The van der Waals surface area contributed by atoms with Crippen LogP contribution in [-0.4, -0.2) is 32.7 Å². The molecule has 22 heavy (non-hydrogen) atoms. The highest BCUT2D eigenvalue weighted by molar-refractivity contribution is 7.89. The van der Waals surface area contributed by atoms with Crippen LogP contribution in [0, 0.1) is 0 Å². The van der Waals surface area contributed by atoms with Crippen molar-refractivity contribution < 1.29 is 17.9 Å². The molecule has 3 N–H and O–H groups in total. The molecule has 0 saturated heterocycles. The number of benzene rings is 1. The normalized spacial score (nSPS) is 17.0. The van der Waals surface area contributed by atoms with Gasteiger partial charge in [0.1, 0.15) is 23.4 Å². The minimum absolute atomic E-state index is 0.0239. The number of para-hydroxylation sites is 2. The zero-order valence-corrected chi connectivity index (χ0v) is 12.4. The van der Waals surface area contributed by atoms with Crippen LogP contribution in [0.25, 0.3) is 0 Å². The van der Waals surface area contributed by atoms with Gasteiger partial charge < -0.3 is 14.8 Å². The molecule has 0 fully saturated rings. The van der Waals surface area contributed by atoms with Crippen LogP contribution in [0.5, 0.6) is 11.5 Å². The first kappa shape index (κ1) is 14.6. The van der Waals surface area contributed by atoms with E-state index in [-0.39, 0.29) is 11.0 Å². The smallest absolute Gasteiger partial charge is 0.239 e. The SMILES string of the molecule is NS(=O)(=O)c1ccc(NC[C@H]2COc3ccccc3O2)nc1. The minimum Gasteiger partial charge on any atom is -0.486 e. The molecule has 116 valence electrons. The first-order valence-electron chi connectivity index (χ1n) is 6.63. The van der Waals surface area contributed by atoms with E-state index < -0.39 is 10.0 Å². The lowest BCUT2D eigenvalue weighted by Crippen LogP contribution is -2.35. The Labute approximate surface area is 128 Å². The lowest BCUT2D eigenvalue weighted by Gasteiger charge is -2.26. The van der Waals surface area contributed by atoms with Crippen LogP contribution in [0.3, 0.4) is 0 Å². The number of hydrogen-bond donors (Lipinski definition) is 2. The van der Waals surface area contributed by atoms with Crippen molar-refractivity contribution in [2.45, 2.75) is 11.0 Å². The first-order chi connectivity index (χ1) is 10.5. The maximum Gasteiger partial charge on any atom is 0.239 e. The summed E-state index contributed by atoms with van der Waals surface area (Å²) in [4.78, 5) is 3.98. The van der Waals surface area contributed by atoms with Gasteiger partial charge in [-0.2, -0.15) is 0 Å². The van der Waals surface area contributed by atoms with Crippen LogP contribution in [0.2, 0.25) is 0 Å². The maximum absolute atomic E-state index is 11.1. The van der Waals surface area contributed by atoms with Gasteiger partial charge in [0.2, 0.25) is 10.0 Å². The Bertz CT molecular complexity index is 762. The average molecular weight is 321 g/mol. The number of anilines is 1. The van der Waals surface area contributed by atoms with Gasteiger partial charge in [0, 0.05) is 6.20 Å². The monoisotopic (exact) mass is 321 g/mol. The van der Waals surface area contributed by atoms with E-state index in [1.807, 2.05) is 24.3 Å². The molecule has 0 radical (unpaired) electrons. The van der Waals surface area contributed by atoms with Crippen LogP contribution in [0.1, 0.15) is 0 Å². The fourth-order valence-electron chi connectivity index (χ4n) is 2.04. The van der Waals surface area contributed by atoms with Crippen LogP contribution in [-0.2, 0) is 10.0 Å². The molecule has 0 spiro atoms. The summed E-state index contributed by atoms with van der Waals surface area (Å²) in [5.74, 6) is 1.97. The quantitative estimate of drug-likeness (QED) is 0.870. The molecule has 2 aromatic rings. The molecule has 0 saturated carbocycles. The predicted molar refractivity (Wildman–Crippen MR) is 80.5 cm³/mol. The molecule has 0 bridgehead atoms. The maximum atomic E-state index is 11.1. The summed E-state index contributed by atoms with van der Waals surface area (Å²) in [6, 6.07) is 10.4. The summed E-state index contributed by atoms with van der Waals surface area (Å²) in [5, 5.41) is 8.09. The first-order valence-corrected chi connectivity index (χ1v) is 8.18. The largest absolute Gasteiger partial charge is 0.486 e. The number of nitrogens with one attached hydrogen (secondary N) is 1. The fourth-order valence-corrected chi connectivity index (χ4v) is 2.49. The van der Waals surface area contributed by atoms with E-state index in [1.165, 1.54) is 12.3 Å². The highest BCUT2D eigenvalue weighted by Crippen LogP contribution is 2.30. The molecule has 1 aromatic heterocycles. The van der Waals surface area contributed by atoms with Gasteiger partial charge in [0.05, 0.1) is 6.54 Å². The molecular weight excluding hydrogens is 306 g/mol. The number of aromatic nitrogens is 1. The predicted octanol–water partition coefficient (Wildman–Crippen LogP) is 0.981. The Morgan fingerprint density at radius 1 is 1.23 bits per heavy atom. The second-order valence-electron chi connectivity index (χ2n) is 4.80. The van der Waals surface area contributed by atoms with Crippen molar-refractivity contribution in [3.8, 4) is 11.5 Å². The summed E-state index contributed by atoms with van der Waals surface area (Å²) < 4.78 is 33.7. The number of nitrogens with two attached hydrogens (primary N) is 1. The summed E-state index contributed by atoms with van der Waals surface area (Å²) in [6.07, 6.45) is 1.06. The van der Waals surface area contributed by atoms with Crippen molar-refractivity contribution in [3.63, 3.8) is 0 Å². The molecule has 1 aliphatic rings. The van der Waals surface area contributed by atoms with Gasteiger partial charge in [-0.05, 0) is 24.3 Å². The molecule has 0 amide bonds. The van der Waals surface area contributed by atoms with Gasteiger partial charge in [-0.15, -0.1) is 0 Å². The Balaban J connectivity index is 1.60. The number of rotatable bonds is 4. The van der Waals surface area contributed by atoms with Crippen LogP contribution < -0.4 is 19.9 Å². The average Bonchev–Trinajstić information content (AvgIpc) is 2.52. The van der Waals surface area contributed by atoms with Gasteiger partial charge >= 0.3 is 0 Å². The van der Waals surface area contributed by atoms with Gasteiger partial charge in [-0.1, -0.05) is 12.1 Å². The van der Waals surface area contributed by atoms with Gasteiger partial charge in [0.15, 0.2) is 11.5 Å². The third-order valence-corrected chi connectivity index (χ3v) is 4.04. The molecule has 1 aromatic carbocycles. The van der Waals surface area contributed by atoms with E-state index >= 15 is 0 Å². The molecule has 3 rings (SSSR count). The second kappa shape index (κ2) is 5.82.